The fraction of sp³-hybridized carbons (Fsp3) is 0.273. The topological polar surface area (TPSA) is 58.6 Å². The summed E-state index contributed by atoms with van der Waals surface area (Å²) in [6.07, 6.45) is 2.31. The third kappa shape index (κ3) is 8.18. The number of carbonyl (C=O) groups is 2. The van der Waals surface area contributed by atoms with E-state index in [1.165, 1.54) is 5.56 Å². The Hall–Kier alpha value is -4.71. The van der Waals surface area contributed by atoms with Crippen LogP contribution in [0.1, 0.15) is 67.2 Å². The number of carbonyl (C=O) groups excluding carboxylic acids is 2. The molecule has 1 N–H and O–H groups in total. The Bertz CT molecular complexity index is 1840. The van der Waals surface area contributed by atoms with Gasteiger partial charge in [-0.25, -0.2) is 4.79 Å². The number of ether oxygens (including phenoxy) is 1. The van der Waals surface area contributed by atoms with Crippen LogP contribution < -0.4 is 5.32 Å². The summed E-state index contributed by atoms with van der Waals surface area (Å²) in [5.41, 5.74) is 7.51. The maximum Gasteiger partial charge on any atom is 0.335 e. The van der Waals surface area contributed by atoms with Gasteiger partial charge < -0.3 is 10.1 Å². The Labute approximate surface area is 301 Å². The maximum atomic E-state index is 14.3. The Morgan fingerprint density at radius 1 is 0.820 bits per heavy atom. The number of esters is 1. The summed E-state index contributed by atoms with van der Waals surface area (Å²) in [5.74, 6) is -1.21. The van der Waals surface area contributed by atoms with Gasteiger partial charge in [-0.2, -0.15) is 0 Å². The first-order valence-electron chi connectivity index (χ1n) is 17.5. The van der Waals surface area contributed by atoms with E-state index in [2.05, 4.69) is 65.3 Å². The minimum Gasteiger partial charge on any atom is -0.462 e. The number of nitrogens with one attached hydrogen (secondary N) is 1. The number of nitrogens with zero attached hydrogens (tertiary/aromatic N) is 1. The molecule has 256 valence electrons. The summed E-state index contributed by atoms with van der Waals surface area (Å²) in [6.45, 7) is 11.1. The second-order valence-corrected chi connectivity index (χ2v) is 13.8. The minimum absolute atomic E-state index is 0.0263. The number of halogens is 1. The highest BCUT2D eigenvalue weighted by Crippen LogP contribution is 2.45. The lowest BCUT2D eigenvalue weighted by atomic mass is 9.73. The van der Waals surface area contributed by atoms with Gasteiger partial charge in [-0.15, -0.1) is 0 Å². The molecule has 1 atom stereocenters. The summed E-state index contributed by atoms with van der Waals surface area (Å²) >= 11 is 6.51. The molecule has 0 bridgehead atoms. The lowest BCUT2D eigenvalue weighted by Gasteiger charge is -2.35. The zero-order valence-electron chi connectivity index (χ0n) is 28.9. The molecule has 1 unspecified atom stereocenters. The van der Waals surface area contributed by atoms with Gasteiger partial charge in [0.05, 0.1) is 12.2 Å². The minimum atomic E-state index is -0.649. The predicted octanol–water partition coefficient (Wildman–Crippen LogP) is 9.17. The zero-order valence-corrected chi connectivity index (χ0v) is 29.7. The van der Waals surface area contributed by atoms with Crippen molar-refractivity contribution in [1.82, 2.24) is 10.2 Å². The largest absolute Gasteiger partial charge is 0.462 e. The number of benzene rings is 4. The second kappa shape index (κ2) is 16.3. The number of likely N-dealkylation sites (tertiary alicyclic amines) is 1. The first-order valence-corrected chi connectivity index (χ1v) is 17.9. The summed E-state index contributed by atoms with van der Waals surface area (Å²) in [7, 11) is 0. The molecule has 4 aromatic carbocycles. The molecule has 0 aromatic heterocycles. The van der Waals surface area contributed by atoms with Gasteiger partial charge in [0.2, 0.25) is 5.91 Å². The second-order valence-electron chi connectivity index (χ2n) is 13.4. The summed E-state index contributed by atoms with van der Waals surface area (Å²) < 4.78 is 6.10. The first-order chi connectivity index (χ1) is 24.3. The Balaban J connectivity index is 1.21. The number of hydrogen-bond acceptors (Lipinski definition) is 4. The molecule has 50 heavy (non-hydrogen) atoms. The van der Waals surface area contributed by atoms with Crippen LogP contribution in [0.15, 0.2) is 150 Å². The van der Waals surface area contributed by atoms with E-state index < -0.39 is 11.9 Å². The fourth-order valence-corrected chi connectivity index (χ4v) is 7.56. The molecule has 2 aliphatic rings. The van der Waals surface area contributed by atoms with Crippen molar-refractivity contribution < 1.29 is 14.3 Å². The van der Waals surface area contributed by atoms with Gasteiger partial charge in [0.1, 0.15) is 0 Å². The van der Waals surface area contributed by atoms with Crippen LogP contribution in [0.2, 0.25) is 5.02 Å². The molecule has 5 nitrogen and oxygen atoms in total. The lowest BCUT2D eigenvalue weighted by molar-refractivity contribution is -0.139. The van der Waals surface area contributed by atoms with Gasteiger partial charge >= 0.3 is 5.97 Å². The highest BCUT2D eigenvalue weighted by atomic mass is 35.5. The first kappa shape index (κ1) is 35.1. The van der Waals surface area contributed by atoms with Crippen molar-refractivity contribution in [2.75, 3.05) is 19.7 Å². The van der Waals surface area contributed by atoms with E-state index in [0.29, 0.717) is 28.2 Å². The van der Waals surface area contributed by atoms with Crippen molar-refractivity contribution in [1.29, 1.82) is 0 Å². The number of hydrogen-bond donors (Lipinski definition) is 1. The summed E-state index contributed by atoms with van der Waals surface area (Å²) in [6, 6.07) is 38.5. The molecule has 1 fully saturated rings. The van der Waals surface area contributed by atoms with E-state index in [4.69, 9.17) is 16.3 Å². The van der Waals surface area contributed by atoms with E-state index in [0.717, 1.165) is 60.3 Å². The van der Waals surface area contributed by atoms with Crippen molar-refractivity contribution in [3.8, 4) is 0 Å². The van der Waals surface area contributed by atoms with Gasteiger partial charge in [0.25, 0.3) is 0 Å². The number of piperidine rings is 1. The van der Waals surface area contributed by atoms with E-state index in [9.17, 15) is 9.59 Å². The molecule has 0 saturated carbocycles. The standard InChI is InChI=1S/C44H45ClN2O3/c1-30-31(2)40(43(48)46-38-22-25-47(26-23-38)29-33-14-7-4-8-15-33)42(36-20-13-21-37(45)28-36)41(32(30)3)44(49)50-27-24-39(34-16-9-5-10-17-34)35-18-11-6-12-19-35/h4-21,28,38-39,42H,1,22-27,29H2,2-3H3,(H,46,48). The predicted molar refractivity (Wildman–Crippen MR) is 202 cm³/mol. The molecule has 1 saturated heterocycles. The molecular weight excluding hydrogens is 640 g/mol. The third-order valence-electron chi connectivity index (χ3n) is 10.2. The number of allylic oxidation sites excluding steroid dienone is 3. The summed E-state index contributed by atoms with van der Waals surface area (Å²) in [4.78, 5) is 31.0. The highest BCUT2D eigenvalue weighted by molar-refractivity contribution is 6.30. The van der Waals surface area contributed by atoms with Crippen molar-refractivity contribution in [2.45, 2.75) is 57.5 Å². The third-order valence-corrected chi connectivity index (χ3v) is 10.4. The van der Waals surface area contributed by atoms with Crippen LogP contribution in [0.3, 0.4) is 0 Å². The molecule has 0 radical (unpaired) electrons. The van der Waals surface area contributed by atoms with Crippen LogP contribution in [-0.4, -0.2) is 42.5 Å². The molecule has 1 aliphatic carbocycles. The Kier molecular flexibility index (Phi) is 11.5. The Morgan fingerprint density at radius 2 is 1.40 bits per heavy atom. The van der Waals surface area contributed by atoms with Crippen molar-refractivity contribution in [3.63, 3.8) is 0 Å². The van der Waals surface area contributed by atoms with E-state index in [1.54, 1.807) is 6.07 Å². The van der Waals surface area contributed by atoms with E-state index in [-0.39, 0.29) is 24.5 Å². The van der Waals surface area contributed by atoms with E-state index in [1.807, 2.05) is 74.5 Å². The molecule has 0 spiro atoms. The smallest absolute Gasteiger partial charge is 0.335 e. The normalized spacial score (nSPS) is 17.3. The van der Waals surface area contributed by atoms with E-state index >= 15 is 0 Å². The van der Waals surface area contributed by atoms with Gasteiger partial charge in [-0.05, 0) is 84.2 Å². The van der Waals surface area contributed by atoms with Gasteiger partial charge in [0.15, 0.2) is 0 Å². The van der Waals surface area contributed by atoms with Crippen LogP contribution >= 0.6 is 11.6 Å². The molecule has 6 rings (SSSR count). The summed E-state index contributed by atoms with van der Waals surface area (Å²) in [5, 5.41) is 3.87. The fourth-order valence-electron chi connectivity index (χ4n) is 7.36. The average Bonchev–Trinajstić information content (AvgIpc) is 3.14. The molecule has 1 heterocycles. The maximum absolute atomic E-state index is 14.3. The van der Waals surface area contributed by atoms with Crippen LogP contribution in [0, 0.1) is 0 Å². The molecule has 1 aliphatic heterocycles. The monoisotopic (exact) mass is 684 g/mol. The molecule has 4 aromatic rings. The van der Waals surface area contributed by atoms with Crippen LogP contribution in [-0.2, 0) is 20.9 Å². The molecular formula is C44H45ClN2O3. The van der Waals surface area contributed by atoms with Gasteiger partial charge in [-0.1, -0.05) is 121 Å². The van der Waals surface area contributed by atoms with Crippen molar-refractivity contribution in [3.05, 3.63) is 177 Å². The van der Waals surface area contributed by atoms with Gasteiger partial charge in [0, 0.05) is 48.1 Å². The Morgan fingerprint density at radius 3 is 2.00 bits per heavy atom. The number of rotatable bonds is 11. The van der Waals surface area contributed by atoms with Crippen LogP contribution in [0.4, 0.5) is 0 Å². The molecule has 6 heteroatoms. The zero-order chi connectivity index (χ0) is 35.0. The van der Waals surface area contributed by atoms with Crippen LogP contribution in [0.25, 0.3) is 0 Å². The van der Waals surface area contributed by atoms with Crippen molar-refractivity contribution >= 4 is 23.5 Å². The highest BCUT2D eigenvalue weighted by Gasteiger charge is 2.39. The average molecular weight is 685 g/mol. The van der Waals surface area contributed by atoms with Gasteiger partial charge in [-0.3, -0.25) is 9.69 Å². The lowest BCUT2D eigenvalue weighted by Crippen LogP contribution is -2.45. The number of amides is 1. The van der Waals surface area contributed by atoms with Crippen LogP contribution in [0.5, 0.6) is 0 Å². The molecule has 1 amide bonds. The quantitative estimate of drug-likeness (QED) is 0.160. The van der Waals surface area contributed by atoms with Crippen molar-refractivity contribution in [2.24, 2.45) is 0 Å². The SMILES string of the molecule is C=C1C(C)=C(C(=O)NC2CCN(Cc3ccccc3)CC2)C(c2cccc(Cl)c2)C(C(=O)OCCC(c2ccccc2)c2ccccc2)=C1C.